The molecule has 2 heterocycles. The molecular weight excluding hydrogens is 346 g/mol. The van der Waals surface area contributed by atoms with Crippen LogP contribution in [0, 0.1) is 0 Å². The second-order valence-electron chi connectivity index (χ2n) is 7.20. The zero-order chi connectivity index (χ0) is 19.2. The van der Waals surface area contributed by atoms with Gasteiger partial charge in [0.05, 0.1) is 12.2 Å². The molecular formula is C24H25N3O. The van der Waals surface area contributed by atoms with Crippen LogP contribution >= 0.6 is 0 Å². The molecule has 0 N–H and O–H groups in total. The van der Waals surface area contributed by atoms with Gasteiger partial charge in [-0.2, -0.15) is 5.10 Å². The molecule has 0 atom stereocenters. The summed E-state index contributed by atoms with van der Waals surface area (Å²) in [5, 5.41) is 4.81. The van der Waals surface area contributed by atoms with Gasteiger partial charge in [0, 0.05) is 36.5 Å². The van der Waals surface area contributed by atoms with E-state index in [1.54, 1.807) is 6.08 Å². The normalized spacial score (nSPS) is 14.5. The summed E-state index contributed by atoms with van der Waals surface area (Å²) in [5.74, 6) is 0.0921. The van der Waals surface area contributed by atoms with Crippen LogP contribution in [-0.4, -0.2) is 33.7 Å². The number of rotatable bonds is 5. The number of nitrogens with zero attached hydrogens (tertiary/aromatic N) is 3. The number of amides is 1. The van der Waals surface area contributed by atoms with Gasteiger partial charge in [-0.25, -0.2) is 0 Å². The molecule has 28 heavy (non-hydrogen) atoms. The van der Waals surface area contributed by atoms with Gasteiger partial charge in [-0.05, 0) is 30.9 Å². The standard InChI is InChI=1S/C24H25N3O/c28-23(26-16-8-3-9-17-26)15-14-22-19-27(18-20-10-4-1-5-11-20)25-24(22)21-12-6-2-7-13-21/h1-2,4-7,10-15,19H,3,8-9,16-18H2/b15-14+. The zero-order valence-corrected chi connectivity index (χ0v) is 16.0. The molecule has 0 aliphatic carbocycles. The maximum absolute atomic E-state index is 12.5. The van der Waals surface area contributed by atoms with Gasteiger partial charge in [0.25, 0.3) is 0 Å². The number of carbonyl (C=O) groups excluding carboxylic acids is 1. The lowest BCUT2D eigenvalue weighted by Gasteiger charge is -2.25. The largest absolute Gasteiger partial charge is 0.339 e. The number of piperidine rings is 1. The number of likely N-dealkylation sites (tertiary alicyclic amines) is 1. The molecule has 2 aromatic carbocycles. The van der Waals surface area contributed by atoms with E-state index in [1.165, 1.54) is 12.0 Å². The highest BCUT2D eigenvalue weighted by molar-refractivity contribution is 5.92. The molecule has 3 aromatic rings. The van der Waals surface area contributed by atoms with Crippen molar-refractivity contribution in [3.63, 3.8) is 0 Å². The van der Waals surface area contributed by atoms with E-state index in [9.17, 15) is 4.79 Å². The van der Waals surface area contributed by atoms with Crippen molar-refractivity contribution in [2.75, 3.05) is 13.1 Å². The SMILES string of the molecule is O=C(/C=C/c1cn(Cc2ccccc2)nc1-c1ccccc1)N1CCCCC1. The van der Waals surface area contributed by atoms with Crippen molar-refractivity contribution < 1.29 is 4.79 Å². The Kier molecular flexibility index (Phi) is 5.66. The lowest BCUT2D eigenvalue weighted by atomic mass is 10.1. The average Bonchev–Trinajstić information content (AvgIpc) is 3.16. The maximum atomic E-state index is 12.5. The number of benzene rings is 2. The van der Waals surface area contributed by atoms with Crippen LogP contribution in [-0.2, 0) is 11.3 Å². The highest BCUT2D eigenvalue weighted by Crippen LogP contribution is 2.24. The first-order valence-corrected chi connectivity index (χ1v) is 9.93. The number of aromatic nitrogens is 2. The maximum Gasteiger partial charge on any atom is 0.246 e. The molecule has 0 spiro atoms. The van der Waals surface area contributed by atoms with Crippen LogP contribution < -0.4 is 0 Å². The summed E-state index contributed by atoms with van der Waals surface area (Å²) in [4.78, 5) is 14.5. The minimum absolute atomic E-state index is 0.0921. The molecule has 4 heteroatoms. The number of hydrogen-bond donors (Lipinski definition) is 0. The zero-order valence-electron chi connectivity index (χ0n) is 16.0. The minimum atomic E-state index is 0.0921. The topological polar surface area (TPSA) is 38.1 Å². The third-order valence-corrected chi connectivity index (χ3v) is 5.10. The predicted molar refractivity (Wildman–Crippen MR) is 113 cm³/mol. The van der Waals surface area contributed by atoms with Gasteiger partial charge in [0.15, 0.2) is 0 Å². The summed E-state index contributed by atoms with van der Waals surface area (Å²) in [6.07, 6.45) is 9.05. The second kappa shape index (κ2) is 8.70. The molecule has 0 bridgehead atoms. The van der Waals surface area contributed by atoms with Gasteiger partial charge in [0.2, 0.25) is 5.91 Å². The van der Waals surface area contributed by atoms with E-state index in [-0.39, 0.29) is 5.91 Å². The van der Waals surface area contributed by atoms with Gasteiger partial charge < -0.3 is 4.90 Å². The first kappa shape index (κ1) is 18.2. The minimum Gasteiger partial charge on any atom is -0.339 e. The van der Waals surface area contributed by atoms with Crippen molar-refractivity contribution in [2.45, 2.75) is 25.8 Å². The Morgan fingerprint density at radius 3 is 2.32 bits per heavy atom. The molecule has 1 amide bonds. The van der Waals surface area contributed by atoms with E-state index >= 15 is 0 Å². The fraction of sp³-hybridized carbons (Fsp3) is 0.250. The van der Waals surface area contributed by atoms with Crippen molar-refractivity contribution >= 4 is 12.0 Å². The summed E-state index contributed by atoms with van der Waals surface area (Å²) < 4.78 is 1.95. The average molecular weight is 371 g/mol. The predicted octanol–water partition coefficient (Wildman–Crippen LogP) is 4.62. The molecule has 1 saturated heterocycles. The molecule has 142 valence electrons. The van der Waals surface area contributed by atoms with E-state index < -0.39 is 0 Å². The highest BCUT2D eigenvalue weighted by Gasteiger charge is 2.15. The molecule has 0 radical (unpaired) electrons. The molecule has 1 aliphatic rings. The summed E-state index contributed by atoms with van der Waals surface area (Å²) in [6, 6.07) is 20.4. The van der Waals surface area contributed by atoms with Crippen LogP contribution in [0.5, 0.6) is 0 Å². The van der Waals surface area contributed by atoms with E-state index in [0.29, 0.717) is 6.54 Å². The molecule has 4 nitrogen and oxygen atoms in total. The smallest absolute Gasteiger partial charge is 0.246 e. The Balaban J connectivity index is 1.60. The van der Waals surface area contributed by atoms with Crippen molar-refractivity contribution in [3.8, 4) is 11.3 Å². The molecule has 0 saturated carbocycles. The number of carbonyl (C=O) groups is 1. The molecule has 0 unspecified atom stereocenters. The Morgan fingerprint density at radius 2 is 1.61 bits per heavy atom. The van der Waals surface area contributed by atoms with Crippen LogP contribution in [0.1, 0.15) is 30.4 Å². The van der Waals surface area contributed by atoms with Crippen molar-refractivity contribution in [1.82, 2.24) is 14.7 Å². The van der Waals surface area contributed by atoms with Crippen LogP contribution in [0.25, 0.3) is 17.3 Å². The van der Waals surface area contributed by atoms with Crippen LogP contribution in [0.4, 0.5) is 0 Å². The number of hydrogen-bond acceptors (Lipinski definition) is 2. The Hall–Kier alpha value is -3.14. The van der Waals surface area contributed by atoms with Gasteiger partial charge in [0.1, 0.15) is 0 Å². The van der Waals surface area contributed by atoms with E-state index in [1.807, 2.05) is 58.3 Å². The third-order valence-electron chi connectivity index (χ3n) is 5.10. The molecule has 1 fully saturated rings. The van der Waals surface area contributed by atoms with Gasteiger partial charge in [-0.3, -0.25) is 9.48 Å². The van der Waals surface area contributed by atoms with Crippen molar-refractivity contribution in [2.24, 2.45) is 0 Å². The first-order chi connectivity index (χ1) is 13.8. The van der Waals surface area contributed by atoms with Crippen LogP contribution in [0.2, 0.25) is 0 Å². The van der Waals surface area contributed by atoms with E-state index in [2.05, 4.69) is 24.3 Å². The Labute approximate surface area is 166 Å². The quantitative estimate of drug-likeness (QED) is 0.614. The van der Waals surface area contributed by atoms with E-state index in [0.717, 1.165) is 42.8 Å². The Bertz CT molecular complexity index is 938. The first-order valence-electron chi connectivity index (χ1n) is 9.93. The molecule has 4 rings (SSSR count). The Morgan fingerprint density at radius 1 is 0.929 bits per heavy atom. The fourth-order valence-corrected chi connectivity index (χ4v) is 3.61. The summed E-state index contributed by atoms with van der Waals surface area (Å²) >= 11 is 0. The lowest BCUT2D eigenvalue weighted by molar-refractivity contribution is -0.126. The van der Waals surface area contributed by atoms with Gasteiger partial charge in [-0.15, -0.1) is 0 Å². The fourth-order valence-electron chi connectivity index (χ4n) is 3.61. The lowest BCUT2D eigenvalue weighted by Crippen LogP contribution is -2.34. The molecule has 1 aromatic heterocycles. The van der Waals surface area contributed by atoms with Crippen LogP contribution in [0.15, 0.2) is 72.9 Å². The van der Waals surface area contributed by atoms with Crippen LogP contribution in [0.3, 0.4) is 0 Å². The van der Waals surface area contributed by atoms with Crippen molar-refractivity contribution in [1.29, 1.82) is 0 Å². The summed E-state index contributed by atoms with van der Waals surface area (Å²) in [6.45, 7) is 2.43. The molecule has 1 aliphatic heterocycles. The summed E-state index contributed by atoms with van der Waals surface area (Å²) in [7, 11) is 0. The van der Waals surface area contributed by atoms with Crippen molar-refractivity contribution in [3.05, 3.63) is 84.1 Å². The van der Waals surface area contributed by atoms with Gasteiger partial charge in [-0.1, -0.05) is 60.7 Å². The third kappa shape index (κ3) is 4.39. The second-order valence-corrected chi connectivity index (χ2v) is 7.20. The summed E-state index contributed by atoms with van der Waals surface area (Å²) in [5.41, 5.74) is 4.12. The van der Waals surface area contributed by atoms with Gasteiger partial charge >= 0.3 is 0 Å². The monoisotopic (exact) mass is 371 g/mol. The van der Waals surface area contributed by atoms with E-state index in [4.69, 9.17) is 5.10 Å². The highest BCUT2D eigenvalue weighted by atomic mass is 16.2.